The van der Waals surface area contributed by atoms with Crippen LogP contribution in [0, 0.1) is 17.8 Å². The third-order valence-corrected chi connectivity index (χ3v) is 9.84. The van der Waals surface area contributed by atoms with Crippen LogP contribution >= 0.6 is 0 Å². The molecule has 4 heteroatoms. The number of nitrogens with zero attached hydrogens (tertiary/aromatic N) is 2. The van der Waals surface area contributed by atoms with Gasteiger partial charge in [0.05, 0.1) is 5.52 Å². The Labute approximate surface area is 237 Å². The predicted octanol–water partition coefficient (Wildman–Crippen LogP) is 7.13. The average Bonchev–Trinajstić information content (AvgIpc) is 2.98. The van der Waals surface area contributed by atoms with Crippen molar-refractivity contribution in [2.45, 2.75) is 56.8 Å². The molecular formula is C36H39N3O. The zero-order valence-electron chi connectivity index (χ0n) is 23.3. The first-order valence-corrected chi connectivity index (χ1v) is 15.2. The van der Waals surface area contributed by atoms with Crippen molar-refractivity contribution < 1.29 is 4.79 Å². The minimum Gasteiger partial charge on any atom is -0.283 e. The molecule has 4 bridgehead atoms. The minimum atomic E-state index is -0.0992. The fourth-order valence-corrected chi connectivity index (χ4v) is 8.41. The minimum absolute atomic E-state index is 0.0992. The number of hydrogen-bond acceptors (Lipinski definition) is 3. The number of pyridine rings is 1. The summed E-state index contributed by atoms with van der Waals surface area (Å²) in [6.07, 6.45) is 9.80. The number of hydrogen-bond donors (Lipinski definition) is 1. The standard InChI is InChI=1S/C36H39N3O/c40-35(38-39(17-15-26-9-3-1-4-10-26)18-16-27-11-5-2-6-12-27)34-22-32(31-13-7-8-14-33(31)37-34)36-23-28-19-29(24-36)21-30(20-28)25-36/h1-14,22,28-30H,15-21,23-25H2,(H,38,40). The van der Waals surface area contributed by atoms with Gasteiger partial charge in [0.1, 0.15) is 5.69 Å². The molecule has 204 valence electrons. The van der Waals surface area contributed by atoms with E-state index in [0.29, 0.717) is 5.69 Å². The normalized spacial score (nSPS) is 25.0. The Hall–Kier alpha value is -3.50. The topological polar surface area (TPSA) is 45.2 Å². The van der Waals surface area contributed by atoms with E-state index in [2.05, 4.69) is 83.2 Å². The molecule has 4 aliphatic rings. The van der Waals surface area contributed by atoms with E-state index < -0.39 is 0 Å². The molecule has 0 saturated heterocycles. The first-order chi connectivity index (χ1) is 19.6. The van der Waals surface area contributed by atoms with Gasteiger partial charge in [-0.1, -0.05) is 78.9 Å². The zero-order chi connectivity index (χ0) is 26.9. The lowest BCUT2D eigenvalue weighted by Crippen LogP contribution is -2.49. The molecule has 8 rings (SSSR count). The zero-order valence-corrected chi connectivity index (χ0v) is 23.3. The first-order valence-electron chi connectivity index (χ1n) is 15.2. The fraction of sp³-hybridized carbons (Fsp3) is 0.389. The number of hydrazine groups is 1. The number of benzene rings is 3. The van der Waals surface area contributed by atoms with Gasteiger partial charge in [0.15, 0.2) is 0 Å². The summed E-state index contributed by atoms with van der Waals surface area (Å²) in [5, 5.41) is 3.33. The van der Waals surface area contributed by atoms with Gasteiger partial charge < -0.3 is 0 Å². The van der Waals surface area contributed by atoms with E-state index in [1.807, 2.05) is 18.2 Å². The molecule has 0 unspecified atom stereocenters. The summed E-state index contributed by atoms with van der Waals surface area (Å²) in [6.45, 7) is 1.50. The van der Waals surface area contributed by atoms with Crippen molar-refractivity contribution in [2.75, 3.05) is 13.1 Å². The van der Waals surface area contributed by atoms with E-state index in [4.69, 9.17) is 4.98 Å². The summed E-state index contributed by atoms with van der Waals surface area (Å²) < 4.78 is 0. The predicted molar refractivity (Wildman–Crippen MR) is 161 cm³/mol. The lowest BCUT2D eigenvalue weighted by atomic mass is 9.48. The summed E-state index contributed by atoms with van der Waals surface area (Å²) in [5.41, 5.74) is 8.89. The second-order valence-electron chi connectivity index (χ2n) is 12.7. The Kier molecular flexibility index (Phi) is 6.89. The van der Waals surface area contributed by atoms with Crippen molar-refractivity contribution in [3.63, 3.8) is 0 Å². The molecule has 0 aliphatic heterocycles. The van der Waals surface area contributed by atoms with Gasteiger partial charge in [-0.05, 0) is 103 Å². The van der Waals surface area contributed by atoms with E-state index in [0.717, 1.165) is 49.2 Å². The Morgan fingerprint density at radius 2 is 1.27 bits per heavy atom. The van der Waals surface area contributed by atoms with Gasteiger partial charge in [-0.15, -0.1) is 0 Å². The molecule has 40 heavy (non-hydrogen) atoms. The van der Waals surface area contributed by atoms with E-state index in [1.54, 1.807) is 0 Å². The lowest BCUT2D eigenvalue weighted by molar-refractivity contribution is -0.00454. The van der Waals surface area contributed by atoms with Crippen molar-refractivity contribution in [1.29, 1.82) is 0 Å². The molecule has 4 fully saturated rings. The van der Waals surface area contributed by atoms with Crippen LogP contribution in [0.15, 0.2) is 91.0 Å². The Morgan fingerprint density at radius 1 is 0.750 bits per heavy atom. The van der Waals surface area contributed by atoms with Gasteiger partial charge in [0.2, 0.25) is 0 Å². The van der Waals surface area contributed by atoms with Crippen LogP contribution in [0.1, 0.15) is 65.7 Å². The van der Waals surface area contributed by atoms with Crippen molar-refractivity contribution in [2.24, 2.45) is 17.8 Å². The number of aromatic nitrogens is 1. The van der Waals surface area contributed by atoms with Crippen LogP contribution in [0.25, 0.3) is 10.9 Å². The van der Waals surface area contributed by atoms with Gasteiger partial charge in [0, 0.05) is 18.5 Å². The highest BCUT2D eigenvalue weighted by atomic mass is 16.2. The summed E-state index contributed by atoms with van der Waals surface area (Å²) in [6, 6.07) is 31.7. The molecule has 0 radical (unpaired) electrons. The second-order valence-corrected chi connectivity index (χ2v) is 12.7. The fourth-order valence-electron chi connectivity index (χ4n) is 8.41. The molecule has 4 nitrogen and oxygen atoms in total. The molecule has 4 aliphatic carbocycles. The SMILES string of the molecule is O=C(NN(CCc1ccccc1)CCc1ccccc1)c1cc(C23CC4CC(CC(C4)C2)C3)c2ccccc2n1. The molecule has 1 N–H and O–H groups in total. The van der Waals surface area contributed by atoms with E-state index in [1.165, 1.54) is 60.6 Å². The summed E-state index contributed by atoms with van der Waals surface area (Å²) in [4.78, 5) is 18.8. The maximum atomic E-state index is 13.9. The smallest absolute Gasteiger partial charge is 0.283 e. The van der Waals surface area contributed by atoms with E-state index in [9.17, 15) is 4.79 Å². The number of fused-ring (bicyclic) bond motifs is 1. The van der Waals surface area contributed by atoms with Crippen molar-refractivity contribution in [3.8, 4) is 0 Å². The highest BCUT2D eigenvalue weighted by Gasteiger charge is 2.52. The molecule has 4 aromatic rings. The van der Waals surface area contributed by atoms with Gasteiger partial charge in [-0.3, -0.25) is 10.2 Å². The molecule has 1 aromatic heterocycles. The number of amides is 1. The van der Waals surface area contributed by atoms with Crippen LogP contribution in [-0.4, -0.2) is 29.0 Å². The first kappa shape index (κ1) is 25.5. The highest BCUT2D eigenvalue weighted by Crippen LogP contribution is 2.61. The van der Waals surface area contributed by atoms with E-state index >= 15 is 0 Å². The molecule has 0 spiro atoms. The Balaban J connectivity index is 1.17. The van der Waals surface area contributed by atoms with Crippen molar-refractivity contribution >= 4 is 16.8 Å². The number of carbonyl (C=O) groups excluding carboxylic acids is 1. The van der Waals surface area contributed by atoms with Crippen LogP contribution in [-0.2, 0) is 18.3 Å². The number of rotatable bonds is 9. The molecule has 3 aromatic carbocycles. The monoisotopic (exact) mass is 529 g/mol. The van der Waals surface area contributed by atoms with Gasteiger partial charge in [-0.2, -0.15) is 0 Å². The molecule has 0 atom stereocenters. The van der Waals surface area contributed by atoms with Crippen LogP contribution in [0.2, 0.25) is 0 Å². The van der Waals surface area contributed by atoms with Crippen molar-refractivity contribution in [1.82, 2.24) is 15.4 Å². The third-order valence-electron chi connectivity index (χ3n) is 9.84. The molecule has 1 amide bonds. The maximum absolute atomic E-state index is 13.9. The second kappa shape index (κ2) is 10.8. The quantitative estimate of drug-likeness (QED) is 0.235. The summed E-state index contributed by atoms with van der Waals surface area (Å²) >= 11 is 0. The molecule has 4 saturated carbocycles. The van der Waals surface area contributed by atoms with Gasteiger partial charge in [0.25, 0.3) is 5.91 Å². The van der Waals surface area contributed by atoms with Gasteiger partial charge >= 0.3 is 0 Å². The average molecular weight is 530 g/mol. The lowest BCUT2D eigenvalue weighted by Gasteiger charge is -2.57. The van der Waals surface area contributed by atoms with Crippen molar-refractivity contribution in [3.05, 3.63) is 113 Å². The molecule has 1 heterocycles. The largest absolute Gasteiger partial charge is 0.284 e. The summed E-state index contributed by atoms with van der Waals surface area (Å²) in [5.74, 6) is 2.45. The third kappa shape index (κ3) is 5.17. The number of carbonyl (C=O) groups is 1. The summed E-state index contributed by atoms with van der Waals surface area (Å²) in [7, 11) is 0. The molecular weight excluding hydrogens is 490 g/mol. The van der Waals surface area contributed by atoms with E-state index in [-0.39, 0.29) is 11.3 Å². The van der Waals surface area contributed by atoms with Crippen LogP contribution in [0.4, 0.5) is 0 Å². The Morgan fingerprint density at radius 3 is 1.85 bits per heavy atom. The Bertz CT molecular complexity index is 1400. The highest BCUT2D eigenvalue weighted by molar-refractivity contribution is 5.96. The number of para-hydroxylation sites is 1. The van der Waals surface area contributed by atoms with Gasteiger partial charge in [-0.25, -0.2) is 9.99 Å². The van der Waals surface area contributed by atoms with Crippen LogP contribution in [0.3, 0.4) is 0 Å². The van der Waals surface area contributed by atoms with Crippen LogP contribution in [0.5, 0.6) is 0 Å². The van der Waals surface area contributed by atoms with Crippen LogP contribution < -0.4 is 5.43 Å². The number of nitrogens with one attached hydrogen (secondary N) is 1. The maximum Gasteiger partial charge on any atom is 0.284 e.